The van der Waals surface area contributed by atoms with Gasteiger partial charge in [0.05, 0.1) is 0 Å². The monoisotopic (exact) mass is 351 g/mol. The molecule has 5 heteroatoms. The Labute approximate surface area is 146 Å². The number of benzene rings is 2. The third kappa shape index (κ3) is 5.15. The Morgan fingerprint density at radius 2 is 1.91 bits per heavy atom. The van der Waals surface area contributed by atoms with Crippen molar-refractivity contribution in [3.05, 3.63) is 64.7 Å². The first kappa shape index (κ1) is 17.6. The summed E-state index contributed by atoms with van der Waals surface area (Å²) in [6.07, 6.45) is 0.270. The molecule has 0 saturated heterocycles. The number of aryl methyl sites for hydroxylation is 1. The molecule has 0 saturated carbocycles. The van der Waals surface area contributed by atoms with Gasteiger partial charge in [0, 0.05) is 23.1 Å². The molecule has 0 bridgehead atoms. The zero-order chi connectivity index (χ0) is 16.7. The molecule has 122 valence electrons. The van der Waals surface area contributed by atoms with E-state index in [2.05, 4.69) is 0 Å². The molecule has 0 heterocycles. The quantitative estimate of drug-likeness (QED) is 0.650. The summed E-state index contributed by atoms with van der Waals surface area (Å²) in [6, 6.07) is 15.1. The summed E-state index contributed by atoms with van der Waals surface area (Å²) < 4.78 is 5.41. The number of alkyl halides is 1. The number of hydrogen-bond acceptors (Lipinski definition) is 2. The first-order valence-electron chi connectivity index (χ1n) is 7.42. The van der Waals surface area contributed by atoms with E-state index in [-0.39, 0.29) is 6.61 Å². The first-order chi connectivity index (χ1) is 11.1. The summed E-state index contributed by atoms with van der Waals surface area (Å²) >= 11 is 11.9. The lowest BCUT2D eigenvalue weighted by Gasteiger charge is -2.22. The standard InChI is InChI=1S/C18H19Cl2NO2/c1-14-8-9-16(12-17(14)20)21(11-5-10-19)18(22)23-13-15-6-3-2-4-7-15/h2-4,6-9,12H,5,10-11,13H2,1H3. The van der Waals surface area contributed by atoms with Crippen LogP contribution in [0.15, 0.2) is 48.5 Å². The van der Waals surface area contributed by atoms with Gasteiger partial charge in [-0.1, -0.05) is 48.0 Å². The highest BCUT2D eigenvalue weighted by atomic mass is 35.5. The largest absolute Gasteiger partial charge is 0.444 e. The highest BCUT2D eigenvalue weighted by Crippen LogP contribution is 2.24. The van der Waals surface area contributed by atoms with Crippen LogP contribution in [0.4, 0.5) is 10.5 Å². The molecule has 2 rings (SSSR count). The molecule has 0 spiro atoms. The van der Waals surface area contributed by atoms with E-state index in [1.165, 1.54) is 0 Å². The van der Waals surface area contributed by atoms with Crippen molar-refractivity contribution in [1.82, 2.24) is 0 Å². The lowest BCUT2D eigenvalue weighted by atomic mass is 10.2. The second kappa shape index (κ2) is 8.80. The van der Waals surface area contributed by atoms with Crippen LogP contribution >= 0.6 is 23.2 Å². The number of anilines is 1. The van der Waals surface area contributed by atoms with Crippen LogP contribution in [-0.2, 0) is 11.3 Å². The molecule has 3 nitrogen and oxygen atoms in total. The zero-order valence-corrected chi connectivity index (χ0v) is 14.5. The fourth-order valence-electron chi connectivity index (χ4n) is 2.09. The molecule has 0 atom stereocenters. The highest BCUT2D eigenvalue weighted by molar-refractivity contribution is 6.31. The van der Waals surface area contributed by atoms with E-state index < -0.39 is 6.09 Å². The van der Waals surface area contributed by atoms with Gasteiger partial charge < -0.3 is 4.74 Å². The van der Waals surface area contributed by atoms with Gasteiger partial charge in [-0.05, 0) is 36.6 Å². The molecule has 23 heavy (non-hydrogen) atoms. The van der Waals surface area contributed by atoms with Crippen molar-refractivity contribution in [2.24, 2.45) is 0 Å². The van der Waals surface area contributed by atoms with Crippen LogP contribution in [0.2, 0.25) is 5.02 Å². The number of carbonyl (C=O) groups is 1. The minimum absolute atomic E-state index is 0.233. The Bertz CT molecular complexity index is 647. The number of rotatable bonds is 6. The average molecular weight is 352 g/mol. The molecule has 0 fully saturated rings. The highest BCUT2D eigenvalue weighted by Gasteiger charge is 2.17. The van der Waals surface area contributed by atoms with Gasteiger partial charge >= 0.3 is 6.09 Å². The Kier molecular flexibility index (Phi) is 6.75. The second-order valence-corrected chi connectivity index (χ2v) is 5.95. The van der Waals surface area contributed by atoms with Crippen molar-refractivity contribution in [3.8, 4) is 0 Å². The van der Waals surface area contributed by atoms with E-state index >= 15 is 0 Å². The summed E-state index contributed by atoms with van der Waals surface area (Å²) in [7, 11) is 0. The van der Waals surface area contributed by atoms with E-state index in [0.29, 0.717) is 29.6 Å². The second-order valence-electron chi connectivity index (χ2n) is 5.17. The van der Waals surface area contributed by atoms with E-state index in [1.54, 1.807) is 11.0 Å². The molecular formula is C18H19Cl2NO2. The lowest BCUT2D eigenvalue weighted by Crippen LogP contribution is -2.32. The lowest BCUT2D eigenvalue weighted by molar-refractivity contribution is 0.147. The van der Waals surface area contributed by atoms with Gasteiger partial charge in [0.25, 0.3) is 0 Å². The van der Waals surface area contributed by atoms with Crippen LogP contribution in [0.1, 0.15) is 17.5 Å². The number of nitrogens with zero attached hydrogens (tertiary/aromatic N) is 1. The summed E-state index contributed by atoms with van der Waals surface area (Å²) in [5, 5.41) is 0.620. The third-order valence-corrected chi connectivity index (χ3v) is 4.08. The summed E-state index contributed by atoms with van der Waals surface area (Å²) in [5.74, 6) is 0.474. The van der Waals surface area contributed by atoms with Crippen LogP contribution in [0.3, 0.4) is 0 Å². The Balaban J connectivity index is 2.10. The van der Waals surface area contributed by atoms with Gasteiger partial charge in [-0.2, -0.15) is 0 Å². The molecule has 0 N–H and O–H groups in total. The Morgan fingerprint density at radius 3 is 2.57 bits per heavy atom. The van der Waals surface area contributed by atoms with E-state index in [1.807, 2.05) is 49.4 Å². The van der Waals surface area contributed by atoms with Gasteiger partial charge in [-0.15, -0.1) is 11.6 Å². The van der Waals surface area contributed by atoms with Gasteiger partial charge in [0.2, 0.25) is 0 Å². The number of hydrogen-bond donors (Lipinski definition) is 0. The van der Waals surface area contributed by atoms with Crippen LogP contribution < -0.4 is 4.90 Å². The van der Waals surface area contributed by atoms with Crippen molar-refractivity contribution < 1.29 is 9.53 Å². The third-order valence-electron chi connectivity index (χ3n) is 3.41. The van der Waals surface area contributed by atoms with E-state index in [0.717, 1.165) is 11.1 Å². The van der Waals surface area contributed by atoms with Gasteiger partial charge in [0.15, 0.2) is 0 Å². The van der Waals surface area contributed by atoms with Crippen molar-refractivity contribution in [2.75, 3.05) is 17.3 Å². The summed E-state index contributed by atoms with van der Waals surface area (Å²) in [5.41, 5.74) is 2.62. The SMILES string of the molecule is Cc1ccc(N(CCCCl)C(=O)OCc2ccccc2)cc1Cl. The minimum Gasteiger partial charge on any atom is -0.444 e. The predicted octanol–water partition coefficient (Wildman–Crippen LogP) is 5.42. The maximum absolute atomic E-state index is 12.4. The van der Waals surface area contributed by atoms with Crippen molar-refractivity contribution >= 4 is 35.0 Å². The molecular weight excluding hydrogens is 333 g/mol. The maximum Gasteiger partial charge on any atom is 0.414 e. The predicted molar refractivity (Wildman–Crippen MR) is 95.5 cm³/mol. The van der Waals surface area contributed by atoms with Gasteiger partial charge in [-0.25, -0.2) is 4.79 Å². The molecule has 0 radical (unpaired) electrons. The molecule has 0 aromatic heterocycles. The van der Waals surface area contributed by atoms with Gasteiger partial charge in [-0.3, -0.25) is 4.90 Å². The number of amides is 1. The maximum atomic E-state index is 12.4. The van der Waals surface area contributed by atoms with Crippen LogP contribution in [-0.4, -0.2) is 18.5 Å². The van der Waals surface area contributed by atoms with Crippen LogP contribution in [0.5, 0.6) is 0 Å². The zero-order valence-electron chi connectivity index (χ0n) is 13.0. The molecule has 0 aliphatic heterocycles. The van der Waals surface area contributed by atoms with Crippen molar-refractivity contribution in [2.45, 2.75) is 20.0 Å². The molecule has 0 unspecified atom stereocenters. The smallest absolute Gasteiger partial charge is 0.414 e. The normalized spacial score (nSPS) is 10.4. The number of carbonyl (C=O) groups excluding carboxylic acids is 1. The molecule has 0 aliphatic rings. The average Bonchev–Trinajstić information content (AvgIpc) is 2.57. The number of ether oxygens (including phenoxy) is 1. The summed E-state index contributed by atoms with van der Waals surface area (Å²) in [6.45, 7) is 2.64. The minimum atomic E-state index is -0.404. The fraction of sp³-hybridized carbons (Fsp3) is 0.278. The van der Waals surface area contributed by atoms with E-state index in [9.17, 15) is 4.79 Å². The molecule has 1 amide bonds. The molecule has 0 aliphatic carbocycles. The number of halogens is 2. The first-order valence-corrected chi connectivity index (χ1v) is 8.33. The van der Waals surface area contributed by atoms with Gasteiger partial charge in [0.1, 0.15) is 6.61 Å². The van der Waals surface area contributed by atoms with Crippen LogP contribution in [0.25, 0.3) is 0 Å². The Morgan fingerprint density at radius 1 is 1.17 bits per heavy atom. The topological polar surface area (TPSA) is 29.5 Å². The molecule has 2 aromatic rings. The fourth-order valence-corrected chi connectivity index (χ4v) is 2.38. The van der Waals surface area contributed by atoms with Crippen molar-refractivity contribution in [1.29, 1.82) is 0 Å². The van der Waals surface area contributed by atoms with Crippen molar-refractivity contribution in [3.63, 3.8) is 0 Å². The molecule has 2 aromatic carbocycles. The Hall–Kier alpha value is -1.71. The summed E-state index contributed by atoms with van der Waals surface area (Å²) in [4.78, 5) is 14.0. The van der Waals surface area contributed by atoms with Crippen LogP contribution in [0, 0.1) is 6.92 Å². The van der Waals surface area contributed by atoms with E-state index in [4.69, 9.17) is 27.9 Å².